The average Bonchev–Trinajstić information content (AvgIpc) is 2.47. The molecule has 0 bridgehead atoms. The number of hydrogen-bond donors (Lipinski definition) is 1. The van der Waals surface area contributed by atoms with Crippen LogP contribution in [0.2, 0.25) is 0 Å². The van der Waals surface area contributed by atoms with Crippen molar-refractivity contribution in [1.82, 2.24) is 4.98 Å². The summed E-state index contributed by atoms with van der Waals surface area (Å²) in [4.78, 5) is 18.1. The number of carbonyl (C=O) groups excluding carboxylic acids is 1. The van der Waals surface area contributed by atoms with Crippen molar-refractivity contribution in [2.75, 3.05) is 24.3 Å². The summed E-state index contributed by atoms with van der Waals surface area (Å²) in [6, 6.07) is 13.5. The predicted octanol–water partition coefficient (Wildman–Crippen LogP) is 2.72. The van der Waals surface area contributed by atoms with Crippen LogP contribution in [-0.2, 0) is 11.2 Å². The van der Waals surface area contributed by atoms with Gasteiger partial charge in [0.25, 0.3) is 0 Å². The molecule has 104 valence electrons. The summed E-state index contributed by atoms with van der Waals surface area (Å²) in [5, 5.41) is 2.89. The molecular weight excluding hydrogens is 250 g/mol. The van der Waals surface area contributed by atoms with Crippen molar-refractivity contribution in [3.63, 3.8) is 0 Å². The first kappa shape index (κ1) is 14.1. The number of nitrogens with zero attached hydrogens (tertiary/aromatic N) is 2. The number of pyridine rings is 1. The molecule has 4 heteroatoms. The van der Waals surface area contributed by atoms with Crippen LogP contribution in [0.3, 0.4) is 0 Å². The Bertz CT molecular complexity index is 550. The molecule has 4 nitrogen and oxygen atoms in total. The predicted molar refractivity (Wildman–Crippen MR) is 82.0 cm³/mol. The molecule has 0 unspecified atom stereocenters. The van der Waals surface area contributed by atoms with E-state index in [1.165, 1.54) is 0 Å². The van der Waals surface area contributed by atoms with Crippen molar-refractivity contribution < 1.29 is 4.79 Å². The van der Waals surface area contributed by atoms with Crippen molar-refractivity contribution in [2.45, 2.75) is 12.8 Å². The summed E-state index contributed by atoms with van der Waals surface area (Å²) in [5.41, 5.74) is 2.86. The van der Waals surface area contributed by atoms with Crippen molar-refractivity contribution in [1.29, 1.82) is 0 Å². The summed E-state index contributed by atoms with van der Waals surface area (Å²) in [7, 11) is 3.97. The molecule has 1 amide bonds. The molecule has 0 aliphatic rings. The molecule has 1 N–H and O–H groups in total. The van der Waals surface area contributed by atoms with Gasteiger partial charge in [0, 0.05) is 43.8 Å². The van der Waals surface area contributed by atoms with E-state index in [1.54, 1.807) is 6.20 Å². The van der Waals surface area contributed by atoms with Gasteiger partial charge in [-0.15, -0.1) is 0 Å². The van der Waals surface area contributed by atoms with E-state index in [0.717, 1.165) is 17.1 Å². The number of benzene rings is 1. The molecule has 1 aromatic carbocycles. The molecule has 0 aliphatic heterocycles. The van der Waals surface area contributed by atoms with Gasteiger partial charge < -0.3 is 10.2 Å². The smallest absolute Gasteiger partial charge is 0.224 e. The van der Waals surface area contributed by atoms with E-state index < -0.39 is 0 Å². The highest BCUT2D eigenvalue weighted by Gasteiger charge is 2.04. The topological polar surface area (TPSA) is 45.2 Å². The van der Waals surface area contributed by atoms with Crippen LogP contribution in [-0.4, -0.2) is 25.0 Å². The Labute approximate surface area is 119 Å². The maximum Gasteiger partial charge on any atom is 0.224 e. The number of rotatable bonds is 5. The lowest BCUT2D eigenvalue weighted by Gasteiger charge is -2.13. The normalized spacial score (nSPS) is 10.1. The molecule has 0 atom stereocenters. The third-order valence-electron chi connectivity index (χ3n) is 3.00. The largest absolute Gasteiger partial charge is 0.378 e. The van der Waals surface area contributed by atoms with Gasteiger partial charge >= 0.3 is 0 Å². The fraction of sp³-hybridized carbons (Fsp3) is 0.250. The number of hydrogen-bond acceptors (Lipinski definition) is 3. The Morgan fingerprint density at radius 1 is 1.15 bits per heavy atom. The zero-order valence-electron chi connectivity index (χ0n) is 11.8. The second kappa shape index (κ2) is 6.70. The van der Waals surface area contributed by atoms with Gasteiger partial charge in [0.2, 0.25) is 5.91 Å². The molecular formula is C16H19N3O. The van der Waals surface area contributed by atoms with Gasteiger partial charge in [0.15, 0.2) is 0 Å². The summed E-state index contributed by atoms with van der Waals surface area (Å²) in [6.45, 7) is 0. The monoisotopic (exact) mass is 269 g/mol. The Balaban J connectivity index is 1.85. The third-order valence-corrected chi connectivity index (χ3v) is 3.00. The molecule has 1 aromatic heterocycles. The minimum atomic E-state index is 0.00764. The second-order valence-corrected chi connectivity index (χ2v) is 4.81. The Morgan fingerprint density at radius 2 is 1.90 bits per heavy atom. The van der Waals surface area contributed by atoms with E-state index in [9.17, 15) is 4.79 Å². The molecule has 0 radical (unpaired) electrons. The maximum atomic E-state index is 11.9. The zero-order valence-corrected chi connectivity index (χ0v) is 11.8. The van der Waals surface area contributed by atoms with Gasteiger partial charge in [0.1, 0.15) is 0 Å². The first-order chi connectivity index (χ1) is 9.65. The van der Waals surface area contributed by atoms with Gasteiger partial charge in [0.05, 0.1) is 0 Å². The third kappa shape index (κ3) is 4.09. The SMILES string of the molecule is CN(C)c1ccc(NC(=O)CCc2ccccn2)cc1. The fourth-order valence-electron chi connectivity index (χ4n) is 1.85. The molecule has 2 rings (SSSR count). The van der Waals surface area contributed by atoms with Crippen LogP contribution in [0.5, 0.6) is 0 Å². The number of amides is 1. The molecule has 0 fully saturated rings. The minimum absolute atomic E-state index is 0.00764. The van der Waals surface area contributed by atoms with Crippen molar-refractivity contribution in [2.24, 2.45) is 0 Å². The van der Waals surface area contributed by atoms with Gasteiger partial charge in [-0.1, -0.05) is 6.07 Å². The summed E-state index contributed by atoms with van der Waals surface area (Å²) >= 11 is 0. The zero-order chi connectivity index (χ0) is 14.4. The lowest BCUT2D eigenvalue weighted by atomic mass is 10.2. The quantitative estimate of drug-likeness (QED) is 0.907. The summed E-state index contributed by atoms with van der Waals surface area (Å²) in [6.07, 6.45) is 2.84. The van der Waals surface area contributed by atoms with E-state index in [0.29, 0.717) is 12.8 Å². The highest BCUT2D eigenvalue weighted by molar-refractivity contribution is 5.90. The number of aryl methyl sites for hydroxylation is 1. The standard InChI is InChI=1S/C16H19N3O/c1-19(2)15-9-6-14(7-10-15)18-16(20)11-8-13-5-3-4-12-17-13/h3-7,9-10,12H,8,11H2,1-2H3,(H,18,20). The lowest BCUT2D eigenvalue weighted by Crippen LogP contribution is -2.13. The molecule has 2 aromatic rings. The van der Waals surface area contributed by atoms with Crippen LogP contribution >= 0.6 is 0 Å². The molecule has 0 saturated carbocycles. The van der Waals surface area contributed by atoms with Crippen LogP contribution in [0.25, 0.3) is 0 Å². The minimum Gasteiger partial charge on any atom is -0.378 e. The highest BCUT2D eigenvalue weighted by Crippen LogP contribution is 2.15. The maximum absolute atomic E-state index is 11.9. The van der Waals surface area contributed by atoms with Crippen molar-refractivity contribution in [3.8, 4) is 0 Å². The molecule has 0 spiro atoms. The van der Waals surface area contributed by atoms with E-state index >= 15 is 0 Å². The average molecular weight is 269 g/mol. The summed E-state index contributed by atoms with van der Waals surface area (Å²) < 4.78 is 0. The number of nitrogens with one attached hydrogen (secondary N) is 1. The van der Waals surface area contributed by atoms with E-state index in [2.05, 4.69) is 10.3 Å². The first-order valence-corrected chi connectivity index (χ1v) is 6.62. The number of aromatic nitrogens is 1. The Hall–Kier alpha value is -2.36. The Morgan fingerprint density at radius 3 is 2.50 bits per heavy atom. The van der Waals surface area contributed by atoms with Crippen molar-refractivity contribution >= 4 is 17.3 Å². The molecule has 20 heavy (non-hydrogen) atoms. The lowest BCUT2D eigenvalue weighted by molar-refractivity contribution is -0.116. The van der Waals surface area contributed by atoms with E-state index in [1.807, 2.05) is 61.5 Å². The van der Waals surface area contributed by atoms with Gasteiger partial charge in [-0.25, -0.2) is 0 Å². The van der Waals surface area contributed by atoms with Crippen molar-refractivity contribution in [3.05, 3.63) is 54.4 Å². The van der Waals surface area contributed by atoms with Crippen LogP contribution < -0.4 is 10.2 Å². The molecule has 1 heterocycles. The Kier molecular flexibility index (Phi) is 4.71. The van der Waals surface area contributed by atoms with Crippen LogP contribution in [0.15, 0.2) is 48.7 Å². The first-order valence-electron chi connectivity index (χ1n) is 6.62. The van der Waals surface area contributed by atoms with E-state index in [4.69, 9.17) is 0 Å². The van der Waals surface area contributed by atoms with Crippen LogP contribution in [0, 0.1) is 0 Å². The number of carbonyl (C=O) groups is 1. The fourth-order valence-corrected chi connectivity index (χ4v) is 1.85. The summed E-state index contributed by atoms with van der Waals surface area (Å²) in [5.74, 6) is 0.00764. The van der Waals surface area contributed by atoms with Gasteiger partial charge in [-0.2, -0.15) is 0 Å². The number of anilines is 2. The van der Waals surface area contributed by atoms with Crippen LogP contribution in [0.4, 0.5) is 11.4 Å². The van der Waals surface area contributed by atoms with Gasteiger partial charge in [-0.05, 0) is 42.8 Å². The molecule has 0 saturated heterocycles. The highest BCUT2D eigenvalue weighted by atomic mass is 16.1. The molecule has 0 aliphatic carbocycles. The van der Waals surface area contributed by atoms with E-state index in [-0.39, 0.29) is 5.91 Å². The van der Waals surface area contributed by atoms with Crippen LogP contribution in [0.1, 0.15) is 12.1 Å². The second-order valence-electron chi connectivity index (χ2n) is 4.81. The van der Waals surface area contributed by atoms with Gasteiger partial charge in [-0.3, -0.25) is 9.78 Å².